The summed E-state index contributed by atoms with van der Waals surface area (Å²) in [5.41, 5.74) is 2.18. The first-order valence-electron chi connectivity index (χ1n) is 5.89. The molecule has 0 unspecified atom stereocenters. The van der Waals surface area contributed by atoms with Crippen molar-refractivity contribution in [2.75, 3.05) is 6.54 Å². The number of carboxylic acids is 1. The molecule has 1 saturated heterocycles. The lowest BCUT2D eigenvalue weighted by molar-refractivity contribution is -0.142. The molecule has 5 nitrogen and oxygen atoms in total. The summed E-state index contributed by atoms with van der Waals surface area (Å²) in [6, 6.07) is 6.95. The van der Waals surface area contributed by atoms with E-state index in [1.54, 1.807) is 0 Å². The number of aliphatic hydroxyl groups excluding tert-OH is 1. The standard InChI is InChI=1S/C13H17NO4/c1-8-2-4-9(5-3-8)7-18-10-6-14-11(12(10)15)13(16)17/h2-5,10-12,14-15H,6-7H2,1H3,(H,16,17)/t10-,11+,12+/m1/s1. The fourth-order valence-electron chi connectivity index (χ4n) is 1.98. The summed E-state index contributed by atoms with van der Waals surface area (Å²) < 4.78 is 5.55. The van der Waals surface area contributed by atoms with Gasteiger partial charge < -0.3 is 14.9 Å². The largest absolute Gasteiger partial charge is 0.480 e. The van der Waals surface area contributed by atoms with Crippen LogP contribution in [0.2, 0.25) is 0 Å². The third kappa shape index (κ3) is 2.87. The molecule has 98 valence electrons. The maximum absolute atomic E-state index is 10.8. The molecule has 0 bridgehead atoms. The van der Waals surface area contributed by atoms with Gasteiger partial charge in [0.05, 0.1) is 12.7 Å². The Balaban J connectivity index is 1.88. The summed E-state index contributed by atoms with van der Waals surface area (Å²) >= 11 is 0. The molecule has 0 aliphatic carbocycles. The highest BCUT2D eigenvalue weighted by Crippen LogP contribution is 2.14. The quantitative estimate of drug-likeness (QED) is 0.717. The maximum Gasteiger partial charge on any atom is 0.323 e. The van der Waals surface area contributed by atoms with Crippen LogP contribution in [0.15, 0.2) is 24.3 Å². The van der Waals surface area contributed by atoms with E-state index in [2.05, 4.69) is 5.32 Å². The van der Waals surface area contributed by atoms with Crippen molar-refractivity contribution in [1.82, 2.24) is 5.32 Å². The van der Waals surface area contributed by atoms with Gasteiger partial charge in [-0.15, -0.1) is 0 Å². The Morgan fingerprint density at radius 2 is 2.11 bits per heavy atom. The van der Waals surface area contributed by atoms with E-state index in [-0.39, 0.29) is 0 Å². The van der Waals surface area contributed by atoms with Crippen LogP contribution in [0.25, 0.3) is 0 Å². The summed E-state index contributed by atoms with van der Waals surface area (Å²) in [6.07, 6.45) is -1.49. The predicted molar refractivity (Wildman–Crippen MR) is 65.2 cm³/mol. The van der Waals surface area contributed by atoms with Crippen molar-refractivity contribution < 1.29 is 19.7 Å². The first-order chi connectivity index (χ1) is 8.58. The van der Waals surface area contributed by atoms with Crippen molar-refractivity contribution in [2.24, 2.45) is 0 Å². The van der Waals surface area contributed by atoms with Crippen LogP contribution in [-0.2, 0) is 16.1 Å². The second-order valence-corrected chi connectivity index (χ2v) is 4.55. The van der Waals surface area contributed by atoms with Crippen LogP contribution in [0.5, 0.6) is 0 Å². The van der Waals surface area contributed by atoms with E-state index in [0.29, 0.717) is 13.2 Å². The molecule has 3 N–H and O–H groups in total. The lowest BCUT2D eigenvalue weighted by atomic mass is 10.1. The molecule has 0 saturated carbocycles. The van der Waals surface area contributed by atoms with Gasteiger partial charge in [0.1, 0.15) is 12.1 Å². The molecule has 0 spiro atoms. The first kappa shape index (κ1) is 13.0. The van der Waals surface area contributed by atoms with Gasteiger partial charge in [-0.3, -0.25) is 10.1 Å². The molecule has 1 fully saturated rings. The van der Waals surface area contributed by atoms with Crippen molar-refractivity contribution in [3.63, 3.8) is 0 Å². The molecule has 0 amide bonds. The Morgan fingerprint density at radius 3 is 2.67 bits per heavy atom. The summed E-state index contributed by atoms with van der Waals surface area (Å²) in [7, 11) is 0. The highest BCUT2D eigenvalue weighted by molar-refractivity contribution is 5.74. The maximum atomic E-state index is 10.8. The van der Waals surface area contributed by atoms with E-state index in [1.807, 2.05) is 31.2 Å². The molecule has 0 aromatic heterocycles. The summed E-state index contributed by atoms with van der Waals surface area (Å²) in [5, 5.41) is 21.3. The number of aliphatic carboxylic acids is 1. The van der Waals surface area contributed by atoms with Gasteiger partial charge in [-0.05, 0) is 12.5 Å². The Bertz CT molecular complexity index is 418. The SMILES string of the molecule is Cc1ccc(CO[C@@H]2CN[C@H](C(=O)O)[C@H]2O)cc1. The fraction of sp³-hybridized carbons (Fsp3) is 0.462. The number of aryl methyl sites for hydroxylation is 1. The van der Waals surface area contributed by atoms with Crippen molar-refractivity contribution in [2.45, 2.75) is 31.8 Å². The molecule has 1 aliphatic rings. The van der Waals surface area contributed by atoms with Crippen molar-refractivity contribution in [1.29, 1.82) is 0 Å². The number of nitrogens with one attached hydrogen (secondary N) is 1. The minimum Gasteiger partial charge on any atom is -0.480 e. The van der Waals surface area contributed by atoms with Gasteiger partial charge >= 0.3 is 5.97 Å². The molecule has 0 radical (unpaired) electrons. The average Bonchev–Trinajstić information content (AvgIpc) is 2.70. The molecule has 1 heterocycles. The number of rotatable bonds is 4. The van der Waals surface area contributed by atoms with E-state index in [4.69, 9.17) is 9.84 Å². The van der Waals surface area contributed by atoms with Gasteiger partial charge in [-0.25, -0.2) is 0 Å². The minimum atomic E-state index is -1.05. The van der Waals surface area contributed by atoms with Crippen LogP contribution in [-0.4, -0.2) is 41.0 Å². The van der Waals surface area contributed by atoms with E-state index < -0.39 is 24.2 Å². The topological polar surface area (TPSA) is 78.8 Å². The third-order valence-corrected chi connectivity index (χ3v) is 3.11. The lowest BCUT2D eigenvalue weighted by Crippen LogP contribution is -2.40. The number of aliphatic hydroxyl groups is 1. The highest BCUT2D eigenvalue weighted by atomic mass is 16.5. The first-order valence-corrected chi connectivity index (χ1v) is 5.89. The Morgan fingerprint density at radius 1 is 1.44 bits per heavy atom. The molecule has 2 rings (SSSR count). The monoisotopic (exact) mass is 251 g/mol. The molecule has 3 atom stereocenters. The number of carboxylic acid groups (broad SMARTS) is 1. The van der Waals surface area contributed by atoms with Crippen LogP contribution in [0, 0.1) is 6.92 Å². The smallest absolute Gasteiger partial charge is 0.323 e. The second kappa shape index (κ2) is 5.48. The number of hydrogen-bond donors (Lipinski definition) is 3. The zero-order valence-electron chi connectivity index (χ0n) is 10.2. The van der Waals surface area contributed by atoms with Crippen LogP contribution in [0.3, 0.4) is 0 Å². The van der Waals surface area contributed by atoms with E-state index >= 15 is 0 Å². The zero-order valence-corrected chi connectivity index (χ0v) is 10.2. The highest BCUT2D eigenvalue weighted by Gasteiger charge is 2.39. The molecule has 1 aliphatic heterocycles. The van der Waals surface area contributed by atoms with Crippen molar-refractivity contribution in [3.8, 4) is 0 Å². The molecule has 5 heteroatoms. The van der Waals surface area contributed by atoms with Gasteiger partial charge in [0, 0.05) is 6.54 Å². The van der Waals surface area contributed by atoms with Gasteiger partial charge in [0.15, 0.2) is 0 Å². The van der Waals surface area contributed by atoms with Crippen molar-refractivity contribution in [3.05, 3.63) is 35.4 Å². The van der Waals surface area contributed by atoms with Gasteiger partial charge in [-0.1, -0.05) is 29.8 Å². The third-order valence-electron chi connectivity index (χ3n) is 3.11. The van der Waals surface area contributed by atoms with Gasteiger partial charge in [0.2, 0.25) is 0 Å². The normalized spacial score (nSPS) is 27.3. The minimum absolute atomic E-state index is 0.351. The predicted octanol–water partition coefficient (Wildman–Crippen LogP) is 0.298. The summed E-state index contributed by atoms with van der Waals surface area (Å²) in [5.74, 6) is -1.05. The lowest BCUT2D eigenvalue weighted by Gasteiger charge is -2.16. The van der Waals surface area contributed by atoms with Crippen LogP contribution in [0.4, 0.5) is 0 Å². The summed E-state index contributed by atoms with van der Waals surface area (Å²) in [6.45, 7) is 2.73. The Kier molecular flexibility index (Phi) is 3.96. The second-order valence-electron chi connectivity index (χ2n) is 4.55. The van der Waals surface area contributed by atoms with Crippen molar-refractivity contribution >= 4 is 5.97 Å². The average molecular weight is 251 g/mol. The van der Waals surface area contributed by atoms with Crippen LogP contribution in [0.1, 0.15) is 11.1 Å². The molecule has 1 aromatic rings. The van der Waals surface area contributed by atoms with E-state index in [1.165, 1.54) is 5.56 Å². The number of hydrogen-bond acceptors (Lipinski definition) is 4. The molecule has 18 heavy (non-hydrogen) atoms. The Labute approximate surface area is 105 Å². The van der Waals surface area contributed by atoms with Gasteiger partial charge in [-0.2, -0.15) is 0 Å². The van der Waals surface area contributed by atoms with Gasteiger partial charge in [0.25, 0.3) is 0 Å². The summed E-state index contributed by atoms with van der Waals surface area (Å²) in [4.78, 5) is 10.8. The number of carbonyl (C=O) groups is 1. The molecule has 1 aromatic carbocycles. The Hall–Kier alpha value is -1.43. The molecular formula is C13H17NO4. The number of ether oxygens (including phenoxy) is 1. The zero-order chi connectivity index (χ0) is 13.1. The van der Waals surface area contributed by atoms with Crippen LogP contribution < -0.4 is 5.32 Å². The van der Waals surface area contributed by atoms with E-state index in [0.717, 1.165) is 5.56 Å². The van der Waals surface area contributed by atoms with E-state index in [9.17, 15) is 9.90 Å². The number of benzene rings is 1. The van der Waals surface area contributed by atoms with Crippen LogP contribution >= 0.6 is 0 Å². The fourth-order valence-corrected chi connectivity index (χ4v) is 1.98. The molecular weight excluding hydrogens is 234 g/mol.